The molecule has 1 aromatic rings. The van der Waals surface area contributed by atoms with E-state index >= 15 is 0 Å². The van der Waals surface area contributed by atoms with Crippen LogP contribution in [0.4, 0.5) is 5.69 Å². The summed E-state index contributed by atoms with van der Waals surface area (Å²) < 4.78 is 0. The van der Waals surface area contributed by atoms with E-state index in [9.17, 15) is 4.79 Å². The highest BCUT2D eigenvalue weighted by molar-refractivity contribution is 6.41. The van der Waals surface area contributed by atoms with Gasteiger partial charge in [0.25, 0.3) is 0 Å². The lowest BCUT2D eigenvalue weighted by Crippen LogP contribution is -2.39. The lowest BCUT2D eigenvalue weighted by Gasteiger charge is -2.22. The number of hydrogen-bond donors (Lipinski definition) is 2. The molecule has 0 aliphatic rings. The maximum absolute atomic E-state index is 11.9. The van der Waals surface area contributed by atoms with Gasteiger partial charge in [-0.15, -0.1) is 0 Å². The van der Waals surface area contributed by atoms with Crippen LogP contribution in [0.2, 0.25) is 15.1 Å². The van der Waals surface area contributed by atoms with Crippen LogP contribution in [-0.2, 0) is 4.79 Å². The molecule has 0 unspecified atom stereocenters. The summed E-state index contributed by atoms with van der Waals surface area (Å²) in [6, 6.07) is 3.10. The molecule has 0 heterocycles. The van der Waals surface area contributed by atoms with Crippen molar-refractivity contribution in [2.45, 2.75) is 27.2 Å². The molecule has 2 N–H and O–H groups in total. The smallest absolute Gasteiger partial charge is 0.243 e. The van der Waals surface area contributed by atoms with Crippen molar-refractivity contribution < 1.29 is 4.79 Å². The molecule has 1 amide bonds. The predicted octanol–water partition coefficient (Wildman–Crippen LogP) is 4.53. The Balaban J connectivity index is 2.79. The van der Waals surface area contributed by atoms with E-state index in [1.54, 1.807) is 12.1 Å². The summed E-state index contributed by atoms with van der Waals surface area (Å²) in [6.07, 6.45) is 0.725. The maximum atomic E-state index is 11.9. The molecule has 0 saturated carbocycles. The molecule has 0 radical (unpaired) electrons. The number of rotatable bonds is 4. The van der Waals surface area contributed by atoms with E-state index in [0.29, 0.717) is 20.8 Å². The van der Waals surface area contributed by atoms with Crippen molar-refractivity contribution in [3.63, 3.8) is 0 Å². The normalized spacial score (nSPS) is 11.2. The van der Waals surface area contributed by atoms with Crippen LogP contribution < -0.4 is 10.9 Å². The van der Waals surface area contributed by atoms with Crippen LogP contribution in [0.5, 0.6) is 0 Å². The zero-order valence-electron chi connectivity index (χ0n) is 10.4. The number of benzene rings is 1. The molecule has 1 aromatic carbocycles. The van der Waals surface area contributed by atoms with Gasteiger partial charge in [-0.2, -0.15) is 0 Å². The summed E-state index contributed by atoms with van der Waals surface area (Å²) in [7, 11) is 0. The zero-order chi connectivity index (χ0) is 13.9. The number of carbonyl (C=O) groups excluding carboxylic acids is 1. The Morgan fingerprint density at radius 3 is 2.17 bits per heavy atom. The molecule has 18 heavy (non-hydrogen) atoms. The largest absolute Gasteiger partial charge is 0.296 e. The molecular formula is C12H15Cl3N2O. The van der Waals surface area contributed by atoms with E-state index in [2.05, 4.69) is 10.9 Å². The van der Waals surface area contributed by atoms with E-state index < -0.39 is 5.41 Å². The van der Waals surface area contributed by atoms with Gasteiger partial charge in [0.1, 0.15) is 0 Å². The first-order chi connectivity index (χ1) is 8.27. The summed E-state index contributed by atoms with van der Waals surface area (Å²) in [5.74, 6) is -0.132. The van der Waals surface area contributed by atoms with Crippen LogP contribution in [0, 0.1) is 5.41 Å². The summed E-state index contributed by atoms with van der Waals surface area (Å²) in [4.78, 5) is 11.9. The molecule has 6 heteroatoms. The molecule has 1 rings (SSSR count). The van der Waals surface area contributed by atoms with Gasteiger partial charge in [0, 0.05) is 10.4 Å². The standard InChI is InChI=1S/C12H15Cl3N2O/c1-4-12(2,3)11(18)17-16-10-8(14)5-7(13)6-9(10)15/h5-6,16H,4H2,1-3H3,(H,17,18). The lowest BCUT2D eigenvalue weighted by molar-refractivity contribution is -0.128. The molecule has 0 saturated heterocycles. The number of anilines is 1. The molecule has 0 atom stereocenters. The molecule has 0 aliphatic heterocycles. The minimum atomic E-state index is -0.460. The summed E-state index contributed by atoms with van der Waals surface area (Å²) >= 11 is 17.8. The van der Waals surface area contributed by atoms with Crippen LogP contribution in [-0.4, -0.2) is 5.91 Å². The monoisotopic (exact) mass is 308 g/mol. The average Bonchev–Trinajstić information content (AvgIpc) is 2.27. The van der Waals surface area contributed by atoms with Gasteiger partial charge in [0.05, 0.1) is 15.7 Å². The number of nitrogens with one attached hydrogen (secondary N) is 2. The molecule has 0 spiro atoms. The summed E-state index contributed by atoms with van der Waals surface area (Å²) in [6.45, 7) is 5.66. The van der Waals surface area contributed by atoms with E-state index in [4.69, 9.17) is 34.8 Å². The highest BCUT2D eigenvalue weighted by Gasteiger charge is 2.25. The number of halogens is 3. The van der Waals surface area contributed by atoms with Crippen molar-refractivity contribution >= 4 is 46.4 Å². The van der Waals surface area contributed by atoms with Crippen molar-refractivity contribution in [2.24, 2.45) is 5.41 Å². The Morgan fingerprint density at radius 1 is 1.22 bits per heavy atom. The maximum Gasteiger partial charge on any atom is 0.243 e. The van der Waals surface area contributed by atoms with Crippen LogP contribution >= 0.6 is 34.8 Å². The first kappa shape index (κ1) is 15.4. The number of hydrazine groups is 1. The molecule has 0 fully saturated rings. The van der Waals surface area contributed by atoms with Crippen LogP contribution in [0.15, 0.2) is 12.1 Å². The van der Waals surface area contributed by atoms with Crippen molar-refractivity contribution in [3.05, 3.63) is 27.2 Å². The quantitative estimate of drug-likeness (QED) is 0.803. The zero-order valence-corrected chi connectivity index (χ0v) is 12.7. The third-order valence-corrected chi connectivity index (χ3v) is 3.62. The second-order valence-electron chi connectivity index (χ2n) is 4.56. The second kappa shape index (κ2) is 6.00. The Bertz CT molecular complexity index is 438. The molecule has 100 valence electrons. The topological polar surface area (TPSA) is 41.1 Å². The van der Waals surface area contributed by atoms with E-state index in [-0.39, 0.29) is 5.91 Å². The lowest BCUT2D eigenvalue weighted by atomic mass is 9.90. The summed E-state index contributed by atoms with van der Waals surface area (Å²) in [5.41, 5.74) is 5.29. The van der Waals surface area contributed by atoms with Gasteiger partial charge in [-0.1, -0.05) is 55.6 Å². The fraction of sp³-hybridized carbons (Fsp3) is 0.417. The second-order valence-corrected chi connectivity index (χ2v) is 5.81. The molecule has 0 aromatic heterocycles. The van der Waals surface area contributed by atoms with E-state index in [0.717, 1.165) is 6.42 Å². The van der Waals surface area contributed by atoms with Crippen molar-refractivity contribution in [1.29, 1.82) is 0 Å². The van der Waals surface area contributed by atoms with Crippen molar-refractivity contribution in [1.82, 2.24) is 5.43 Å². The minimum absolute atomic E-state index is 0.132. The van der Waals surface area contributed by atoms with Gasteiger partial charge in [0.15, 0.2) is 0 Å². The highest BCUT2D eigenvalue weighted by atomic mass is 35.5. The van der Waals surface area contributed by atoms with Crippen molar-refractivity contribution in [3.8, 4) is 0 Å². The Hall–Kier alpha value is -0.640. The van der Waals surface area contributed by atoms with Gasteiger partial charge >= 0.3 is 0 Å². The fourth-order valence-electron chi connectivity index (χ4n) is 1.11. The van der Waals surface area contributed by atoms with Crippen LogP contribution in [0.3, 0.4) is 0 Å². The van der Waals surface area contributed by atoms with Crippen LogP contribution in [0.1, 0.15) is 27.2 Å². The van der Waals surface area contributed by atoms with Gasteiger partial charge in [-0.3, -0.25) is 15.6 Å². The fourth-order valence-corrected chi connectivity index (χ4v) is 2.02. The molecule has 0 aliphatic carbocycles. The first-order valence-corrected chi connectivity index (χ1v) is 6.62. The third kappa shape index (κ3) is 3.67. The van der Waals surface area contributed by atoms with Gasteiger partial charge in [-0.05, 0) is 18.6 Å². The Labute approximate surface area is 122 Å². The Kier molecular flexibility index (Phi) is 5.14. The average molecular weight is 310 g/mol. The minimum Gasteiger partial charge on any atom is -0.296 e. The van der Waals surface area contributed by atoms with E-state index in [1.807, 2.05) is 20.8 Å². The number of hydrogen-bond acceptors (Lipinski definition) is 2. The van der Waals surface area contributed by atoms with Crippen LogP contribution in [0.25, 0.3) is 0 Å². The van der Waals surface area contributed by atoms with Gasteiger partial charge < -0.3 is 0 Å². The highest BCUT2D eigenvalue weighted by Crippen LogP contribution is 2.33. The Morgan fingerprint density at radius 2 is 1.72 bits per heavy atom. The van der Waals surface area contributed by atoms with E-state index in [1.165, 1.54) is 0 Å². The molecule has 0 bridgehead atoms. The van der Waals surface area contributed by atoms with Gasteiger partial charge in [-0.25, -0.2) is 0 Å². The predicted molar refractivity (Wildman–Crippen MR) is 77.3 cm³/mol. The first-order valence-electron chi connectivity index (χ1n) is 5.49. The SMILES string of the molecule is CCC(C)(C)C(=O)NNc1c(Cl)cc(Cl)cc1Cl. The third-order valence-electron chi connectivity index (χ3n) is 2.81. The number of amides is 1. The van der Waals surface area contributed by atoms with Crippen molar-refractivity contribution in [2.75, 3.05) is 5.43 Å². The molecular weight excluding hydrogens is 295 g/mol. The molecule has 3 nitrogen and oxygen atoms in total. The number of carbonyl (C=O) groups is 1. The summed E-state index contributed by atoms with van der Waals surface area (Å²) in [5, 5.41) is 1.14. The van der Waals surface area contributed by atoms with Gasteiger partial charge in [0.2, 0.25) is 5.91 Å².